The Bertz CT molecular complexity index is 360. The van der Waals surface area contributed by atoms with Gasteiger partial charge in [0.25, 0.3) is 0 Å². The third-order valence-electron chi connectivity index (χ3n) is 2.40. The van der Waals surface area contributed by atoms with Gasteiger partial charge in [-0.1, -0.05) is 36.2 Å². The number of hydrogen-bond donors (Lipinski definition) is 1. The standard InChI is InChI=1S/C11H15Cl2NOS/c1-3-8(14-2)7-16(15)11-9(12)5-4-6-10(11)13/h4-6,8,14H,3,7H2,1-2H3. The van der Waals surface area contributed by atoms with E-state index in [1.54, 1.807) is 18.2 Å². The molecule has 16 heavy (non-hydrogen) atoms. The summed E-state index contributed by atoms with van der Waals surface area (Å²) in [5.41, 5.74) is 0. The van der Waals surface area contributed by atoms with Crippen molar-refractivity contribution in [2.24, 2.45) is 0 Å². The van der Waals surface area contributed by atoms with E-state index in [0.29, 0.717) is 20.7 Å². The predicted octanol–water partition coefficient (Wildman–Crippen LogP) is 3.10. The van der Waals surface area contributed by atoms with Crippen molar-refractivity contribution >= 4 is 34.0 Å². The second-order valence-corrected chi connectivity index (χ2v) is 5.70. The zero-order valence-electron chi connectivity index (χ0n) is 9.30. The van der Waals surface area contributed by atoms with Crippen molar-refractivity contribution < 1.29 is 4.21 Å². The van der Waals surface area contributed by atoms with Crippen LogP contribution in [0.1, 0.15) is 13.3 Å². The molecule has 0 radical (unpaired) electrons. The van der Waals surface area contributed by atoms with E-state index in [1.165, 1.54) is 0 Å². The van der Waals surface area contributed by atoms with Crippen LogP contribution in [0.4, 0.5) is 0 Å². The van der Waals surface area contributed by atoms with Crippen LogP contribution < -0.4 is 5.32 Å². The van der Waals surface area contributed by atoms with Crippen LogP contribution >= 0.6 is 23.2 Å². The molecule has 0 spiro atoms. The van der Waals surface area contributed by atoms with Crippen molar-refractivity contribution in [3.8, 4) is 0 Å². The first-order valence-electron chi connectivity index (χ1n) is 5.09. The van der Waals surface area contributed by atoms with Crippen LogP contribution in [0.15, 0.2) is 23.1 Å². The van der Waals surface area contributed by atoms with Gasteiger partial charge in [-0.3, -0.25) is 4.21 Å². The SMILES string of the molecule is CCC(CS(=O)c1c(Cl)cccc1Cl)NC. The van der Waals surface area contributed by atoms with Crippen LogP contribution in [0.2, 0.25) is 10.0 Å². The van der Waals surface area contributed by atoms with Crippen LogP contribution in [0.5, 0.6) is 0 Å². The smallest absolute Gasteiger partial charge is 0.0760 e. The molecule has 0 aliphatic heterocycles. The summed E-state index contributed by atoms with van der Waals surface area (Å²) in [6.45, 7) is 2.05. The Labute approximate surface area is 109 Å². The summed E-state index contributed by atoms with van der Waals surface area (Å²) >= 11 is 12.0. The molecule has 0 saturated heterocycles. The zero-order chi connectivity index (χ0) is 12.1. The molecule has 5 heteroatoms. The highest BCUT2D eigenvalue weighted by Gasteiger charge is 2.16. The average Bonchev–Trinajstić information content (AvgIpc) is 2.25. The van der Waals surface area contributed by atoms with Gasteiger partial charge in [0, 0.05) is 11.8 Å². The fraction of sp³-hybridized carbons (Fsp3) is 0.455. The van der Waals surface area contributed by atoms with Gasteiger partial charge in [0.2, 0.25) is 0 Å². The topological polar surface area (TPSA) is 29.1 Å². The summed E-state index contributed by atoms with van der Waals surface area (Å²) < 4.78 is 12.1. The van der Waals surface area contributed by atoms with Crippen LogP contribution in [-0.2, 0) is 10.8 Å². The molecule has 1 aromatic rings. The second-order valence-electron chi connectivity index (χ2n) is 3.46. The Kier molecular flexibility index (Phi) is 5.76. The Balaban J connectivity index is 2.88. The maximum Gasteiger partial charge on any atom is 0.0760 e. The lowest BCUT2D eigenvalue weighted by Crippen LogP contribution is -2.30. The van der Waals surface area contributed by atoms with Crippen LogP contribution in [0.3, 0.4) is 0 Å². The molecule has 0 aromatic heterocycles. The highest BCUT2D eigenvalue weighted by atomic mass is 35.5. The summed E-state index contributed by atoms with van der Waals surface area (Å²) in [4.78, 5) is 0.541. The van der Waals surface area contributed by atoms with E-state index < -0.39 is 10.8 Å². The largest absolute Gasteiger partial charge is 0.316 e. The van der Waals surface area contributed by atoms with Gasteiger partial charge in [-0.25, -0.2) is 0 Å². The second kappa shape index (κ2) is 6.60. The summed E-state index contributed by atoms with van der Waals surface area (Å²) in [5, 5.41) is 4.05. The molecule has 1 aromatic carbocycles. The van der Waals surface area contributed by atoms with Gasteiger partial charge in [0.1, 0.15) is 0 Å². The van der Waals surface area contributed by atoms with Gasteiger partial charge in [-0.2, -0.15) is 0 Å². The molecule has 0 aliphatic carbocycles. The van der Waals surface area contributed by atoms with Crippen LogP contribution in [0, 0.1) is 0 Å². The summed E-state index contributed by atoms with van der Waals surface area (Å²) in [6.07, 6.45) is 0.921. The normalized spacial score (nSPS) is 14.8. The summed E-state index contributed by atoms with van der Waals surface area (Å²) in [6, 6.07) is 5.39. The summed E-state index contributed by atoms with van der Waals surface area (Å²) in [5.74, 6) is 0.524. The molecule has 1 rings (SSSR count). The molecule has 90 valence electrons. The minimum Gasteiger partial charge on any atom is -0.316 e. The molecular formula is C11H15Cl2NOS. The van der Waals surface area contributed by atoms with Crippen LogP contribution in [-0.4, -0.2) is 23.1 Å². The van der Waals surface area contributed by atoms with Crippen molar-refractivity contribution in [3.05, 3.63) is 28.2 Å². The van der Waals surface area contributed by atoms with Crippen molar-refractivity contribution in [2.45, 2.75) is 24.3 Å². The van der Waals surface area contributed by atoms with E-state index in [2.05, 4.69) is 5.32 Å². The number of nitrogens with one attached hydrogen (secondary N) is 1. The minimum absolute atomic E-state index is 0.216. The van der Waals surface area contributed by atoms with Gasteiger partial charge < -0.3 is 5.32 Å². The first-order valence-corrected chi connectivity index (χ1v) is 7.17. The van der Waals surface area contributed by atoms with E-state index in [0.717, 1.165) is 6.42 Å². The Hall–Kier alpha value is -0.0900. The van der Waals surface area contributed by atoms with E-state index >= 15 is 0 Å². The zero-order valence-corrected chi connectivity index (χ0v) is 11.6. The molecule has 2 unspecified atom stereocenters. The molecule has 0 saturated carbocycles. The van der Waals surface area contributed by atoms with Crippen molar-refractivity contribution in [2.75, 3.05) is 12.8 Å². The van der Waals surface area contributed by atoms with Gasteiger partial charge in [-0.05, 0) is 25.6 Å². The lowest BCUT2D eigenvalue weighted by molar-refractivity contribution is 0.590. The fourth-order valence-corrected chi connectivity index (χ4v) is 3.79. The predicted molar refractivity (Wildman–Crippen MR) is 70.9 cm³/mol. The highest BCUT2D eigenvalue weighted by molar-refractivity contribution is 7.85. The van der Waals surface area contributed by atoms with Crippen molar-refractivity contribution in [1.29, 1.82) is 0 Å². The lowest BCUT2D eigenvalue weighted by atomic mass is 10.3. The molecule has 0 fully saturated rings. The van der Waals surface area contributed by atoms with E-state index in [-0.39, 0.29) is 6.04 Å². The number of rotatable bonds is 5. The molecule has 0 amide bonds. The Morgan fingerprint density at radius 1 is 1.38 bits per heavy atom. The van der Waals surface area contributed by atoms with Gasteiger partial charge in [0.05, 0.1) is 25.7 Å². The summed E-state index contributed by atoms with van der Waals surface area (Å²) in [7, 11) is 0.698. The minimum atomic E-state index is -1.16. The van der Waals surface area contributed by atoms with Crippen molar-refractivity contribution in [1.82, 2.24) is 5.32 Å². The quantitative estimate of drug-likeness (QED) is 0.898. The van der Waals surface area contributed by atoms with Crippen LogP contribution in [0.25, 0.3) is 0 Å². The first-order chi connectivity index (χ1) is 7.60. The van der Waals surface area contributed by atoms with Gasteiger partial charge in [-0.15, -0.1) is 0 Å². The maximum absolute atomic E-state index is 12.1. The molecule has 2 atom stereocenters. The molecule has 1 N–H and O–H groups in total. The number of hydrogen-bond acceptors (Lipinski definition) is 2. The van der Waals surface area contributed by atoms with E-state index in [4.69, 9.17) is 23.2 Å². The molecule has 2 nitrogen and oxygen atoms in total. The van der Waals surface area contributed by atoms with Gasteiger partial charge in [0.15, 0.2) is 0 Å². The molecule has 0 heterocycles. The highest BCUT2D eigenvalue weighted by Crippen LogP contribution is 2.28. The van der Waals surface area contributed by atoms with E-state index in [9.17, 15) is 4.21 Å². The van der Waals surface area contributed by atoms with Crippen molar-refractivity contribution in [3.63, 3.8) is 0 Å². The molecule has 0 bridgehead atoms. The third-order valence-corrected chi connectivity index (χ3v) is 4.85. The monoisotopic (exact) mass is 279 g/mol. The van der Waals surface area contributed by atoms with E-state index in [1.807, 2.05) is 14.0 Å². The molecule has 0 aliphatic rings. The lowest BCUT2D eigenvalue weighted by Gasteiger charge is -2.14. The van der Waals surface area contributed by atoms with Gasteiger partial charge >= 0.3 is 0 Å². The maximum atomic E-state index is 12.1. The number of halogens is 2. The Morgan fingerprint density at radius 3 is 2.38 bits per heavy atom. The fourth-order valence-electron chi connectivity index (χ4n) is 1.37. The third kappa shape index (κ3) is 3.45. The molecular weight excluding hydrogens is 265 g/mol. The Morgan fingerprint density at radius 2 is 1.94 bits per heavy atom. The number of benzene rings is 1. The first kappa shape index (κ1) is 14.0. The average molecular weight is 280 g/mol.